The number of alkyl halides is 3. The first-order valence-corrected chi connectivity index (χ1v) is 5.41. The van der Waals surface area contributed by atoms with Crippen LogP contribution in [0.4, 0.5) is 17.6 Å². The first kappa shape index (κ1) is 13.5. The molecule has 2 rings (SSSR count). The van der Waals surface area contributed by atoms with Crippen molar-refractivity contribution < 1.29 is 17.6 Å². The molecule has 1 unspecified atom stereocenters. The standard InChI is InChI=1S/C12H11F4N3/c1-19-10(4-5-18-19)11(17)8-6-7(13)2-3-9(8)12(14,15)16/h2-6,11H,17H2,1H3. The molecule has 0 spiro atoms. The Kier molecular flexibility index (Phi) is 3.32. The Labute approximate surface area is 106 Å². The minimum atomic E-state index is -4.58. The zero-order valence-electron chi connectivity index (χ0n) is 9.95. The van der Waals surface area contributed by atoms with Crippen LogP contribution in [0, 0.1) is 5.82 Å². The van der Waals surface area contributed by atoms with E-state index in [-0.39, 0.29) is 5.56 Å². The molecule has 19 heavy (non-hydrogen) atoms. The largest absolute Gasteiger partial charge is 0.416 e. The summed E-state index contributed by atoms with van der Waals surface area (Å²) in [5.41, 5.74) is 4.92. The van der Waals surface area contributed by atoms with Gasteiger partial charge in [0.15, 0.2) is 0 Å². The molecule has 0 aliphatic carbocycles. The van der Waals surface area contributed by atoms with Crippen molar-refractivity contribution in [3.63, 3.8) is 0 Å². The molecular formula is C12H11F4N3. The van der Waals surface area contributed by atoms with E-state index in [2.05, 4.69) is 5.10 Å². The van der Waals surface area contributed by atoms with E-state index >= 15 is 0 Å². The quantitative estimate of drug-likeness (QED) is 0.855. The van der Waals surface area contributed by atoms with Crippen LogP contribution in [0.15, 0.2) is 30.5 Å². The third kappa shape index (κ3) is 2.60. The van der Waals surface area contributed by atoms with E-state index in [1.54, 1.807) is 7.05 Å². The average molecular weight is 273 g/mol. The lowest BCUT2D eigenvalue weighted by Gasteiger charge is -2.18. The van der Waals surface area contributed by atoms with Crippen LogP contribution in [0.5, 0.6) is 0 Å². The van der Waals surface area contributed by atoms with Gasteiger partial charge in [-0.25, -0.2) is 4.39 Å². The molecule has 1 heterocycles. The molecule has 0 saturated heterocycles. The Bertz CT molecular complexity index is 589. The van der Waals surface area contributed by atoms with Gasteiger partial charge in [0.25, 0.3) is 0 Å². The smallest absolute Gasteiger partial charge is 0.319 e. The van der Waals surface area contributed by atoms with Crippen LogP contribution >= 0.6 is 0 Å². The molecule has 0 aliphatic heterocycles. The van der Waals surface area contributed by atoms with Gasteiger partial charge in [0.05, 0.1) is 17.3 Å². The Morgan fingerprint density at radius 3 is 2.47 bits per heavy atom. The van der Waals surface area contributed by atoms with Crippen molar-refractivity contribution in [1.29, 1.82) is 0 Å². The van der Waals surface area contributed by atoms with Crippen LogP contribution in [0.25, 0.3) is 0 Å². The van der Waals surface area contributed by atoms with Gasteiger partial charge in [0.1, 0.15) is 5.82 Å². The van der Waals surface area contributed by atoms with Gasteiger partial charge in [-0.2, -0.15) is 18.3 Å². The molecule has 1 atom stereocenters. The molecule has 0 radical (unpaired) electrons. The monoisotopic (exact) mass is 273 g/mol. The molecule has 0 amide bonds. The third-order valence-corrected chi connectivity index (χ3v) is 2.83. The number of nitrogens with zero attached hydrogens (tertiary/aromatic N) is 2. The molecule has 0 bridgehead atoms. The number of hydrogen-bond donors (Lipinski definition) is 1. The highest BCUT2D eigenvalue weighted by molar-refractivity contribution is 5.37. The summed E-state index contributed by atoms with van der Waals surface area (Å²) >= 11 is 0. The minimum Gasteiger partial charge on any atom is -0.319 e. The van der Waals surface area contributed by atoms with Crippen LogP contribution < -0.4 is 5.73 Å². The minimum absolute atomic E-state index is 0.309. The number of halogens is 4. The SMILES string of the molecule is Cn1nccc1C(N)c1cc(F)ccc1C(F)(F)F. The fourth-order valence-corrected chi connectivity index (χ4v) is 1.90. The summed E-state index contributed by atoms with van der Waals surface area (Å²) in [6.07, 6.45) is -3.17. The Hall–Kier alpha value is -1.89. The maximum atomic E-state index is 13.2. The van der Waals surface area contributed by atoms with Gasteiger partial charge in [-0.05, 0) is 29.8 Å². The maximum Gasteiger partial charge on any atom is 0.416 e. The summed E-state index contributed by atoms with van der Waals surface area (Å²) in [7, 11) is 1.56. The fourth-order valence-electron chi connectivity index (χ4n) is 1.90. The lowest BCUT2D eigenvalue weighted by Crippen LogP contribution is -2.21. The Morgan fingerprint density at radius 1 is 1.26 bits per heavy atom. The van der Waals surface area contributed by atoms with Gasteiger partial charge < -0.3 is 5.73 Å². The molecule has 2 N–H and O–H groups in total. The van der Waals surface area contributed by atoms with E-state index in [4.69, 9.17) is 5.73 Å². The van der Waals surface area contributed by atoms with Gasteiger partial charge in [0, 0.05) is 13.2 Å². The molecule has 102 valence electrons. The summed E-state index contributed by atoms with van der Waals surface area (Å²) in [6.45, 7) is 0. The molecule has 2 aromatic rings. The second-order valence-electron chi connectivity index (χ2n) is 4.09. The normalized spacial score (nSPS) is 13.6. The van der Waals surface area contributed by atoms with Crippen molar-refractivity contribution in [2.45, 2.75) is 12.2 Å². The van der Waals surface area contributed by atoms with Crippen LogP contribution in [-0.2, 0) is 13.2 Å². The number of aromatic nitrogens is 2. The fraction of sp³-hybridized carbons (Fsp3) is 0.250. The van der Waals surface area contributed by atoms with Crippen molar-refractivity contribution >= 4 is 0 Å². The summed E-state index contributed by atoms with van der Waals surface area (Å²) in [5.74, 6) is -0.763. The van der Waals surface area contributed by atoms with Crippen molar-refractivity contribution in [1.82, 2.24) is 9.78 Å². The van der Waals surface area contributed by atoms with Gasteiger partial charge >= 0.3 is 6.18 Å². The zero-order valence-corrected chi connectivity index (χ0v) is 9.95. The predicted molar refractivity (Wildman–Crippen MR) is 60.6 cm³/mol. The van der Waals surface area contributed by atoms with Gasteiger partial charge in [-0.3, -0.25) is 4.68 Å². The molecule has 1 aromatic carbocycles. The topological polar surface area (TPSA) is 43.8 Å². The van der Waals surface area contributed by atoms with Gasteiger partial charge in [-0.15, -0.1) is 0 Å². The van der Waals surface area contributed by atoms with Crippen molar-refractivity contribution in [3.05, 3.63) is 53.1 Å². The zero-order chi connectivity index (χ0) is 14.2. The molecule has 3 nitrogen and oxygen atoms in total. The average Bonchev–Trinajstić information content (AvgIpc) is 2.72. The molecule has 0 fully saturated rings. The molecule has 7 heteroatoms. The number of aryl methyl sites for hydroxylation is 1. The second-order valence-corrected chi connectivity index (χ2v) is 4.09. The third-order valence-electron chi connectivity index (χ3n) is 2.83. The number of hydrogen-bond acceptors (Lipinski definition) is 2. The molecule has 0 saturated carbocycles. The Balaban J connectivity index is 2.55. The van der Waals surface area contributed by atoms with Gasteiger partial charge in [-0.1, -0.05) is 0 Å². The lowest BCUT2D eigenvalue weighted by atomic mass is 9.98. The lowest BCUT2D eigenvalue weighted by molar-refractivity contribution is -0.138. The van der Waals surface area contributed by atoms with E-state index < -0.39 is 23.6 Å². The van der Waals surface area contributed by atoms with E-state index in [1.807, 2.05) is 0 Å². The highest BCUT2D eigenvalue weighted by atomic mass is 19.4. The summed E-state index contributed by atoms with van der Waals surface area (Å²) in [5, 5.41) is 3.84. The first-order valence-electron chi connectivity index (χ1n) is 5.41. The van der Waals surface area contributed by atoms with Gasteiger partial charge in [0.2, 0.25) is 0 Å². The van der Waals surface area contributed by atoms with Crippen molar-refractivity contribution in [2.75, 3.05) is 0 Å². The molecule has 0 aliphatic rings. The maximum absolute atomic E-state index is 13.2. The first-order chi connectivity index (χ1) is 8.80. The predicted octanol–water partition coefficient (Wildman–Crippen LogP) is 2.63. The van der Waals surface area contributed by atoms with Crippen molar-refractivity contribution in [2.24, 2.45) is 12.8 Å². The van der Waals surface area contributed by atoms with E-state index in [1.165, 1.54) is 16.9 Å². The summed E-state index contributed by atoms with van der Waals surface area (Å²) in [4.78, 5) is 0. The summed E-state index contributed by atoms with van der Waals surface area (Å²) in [6, 6.07) is 2.67. The number of benzene rings is 1. The van der Waals surface area contributed by atoms with E-state index in [0.717, 1.165) is 12.1 Å². The van der Waals surface area contributed by atoms with E-state index in [9.17, 15) is 17.6 Å². The van der Waals surface area contributed by atoms with Crippen LogP contribution in [0.1, 0.15) is 22.9 Å². The number of nitrogens with two attached hydrogens (primary N) is 1. The van der Waals surface area contributed by atoms with Crippen molar-refractivity contribution in [3.8, 4) is 0 Å². The van der Waals surface area contributed by atoms with Crippen LogP contribution in [0.2, 0.25) is 0 Å². The summed E-state index contributed by atoms with van der Waals surface area (Å²) < 4.78 is 53.2. The van der Waals surface area contributed by atoms with Crippen LogP contribution in [-0.4, -0.2) is 9.78 Å². The highest BCUT2D eigenvalue weighted by Gasteiger charge is 2.35. The molecular weight excluding hydrogens is 262 g/mol. The van der Waals surface area contributed by atoms with E-state index in [0.29, 0.717) is 11.8 Å². The Morgan fingerprint density at radius 2 is 1.95 bits per heavy atom. The molecule has 1 aromatic heterocycles. The number of rotatable bonds is 2. The highest BCUT2D eigenvalue weighted by Crippen LogP contribution is 2.35. The van der Waals surface area contributed by atoms with Crippen LogP contribution in [0.3, 0.4) is 0 Å². The second kappa shape index (κ2) is 4.65.